The van der Waals surface area contributed by atoms with E-state index in [4.69, 9.17) is 0 Å². The van der Waals surface area contributed by atoms with Crippen LogP contribution in [0.5, 0.6) is 0 Å². The van der Waals surface area contributed by atoms with Crippen LogP contribution in [0.3, 0.4) is 0 Å². The zero-order chi connectivity index (χ0) is 21.8. The van der Waals surface area contributed by atoms with Gasteiger partial charge in [0.1, 0.15) is 11.9 Å². The standard InChI is InChI=1S/C23H27FN4OS/c1-6-17-7-9-18(10-8-17)21(29)16(3)30-23-26-25-22(15(2)27(4)5)28(23)20-13-11-19(24)12-14-20/h7-16H,6H2,1-5H3/p+1/t15-,16+/m1/s1. The Morgan fingerprint density at radius 3 is 2.27 bits per heavy atom. The minimum absolute atomic E-state index is 0.0455. The number of rotatable bonds is 8. The molecule has 2 atom stereocenters. The first-order valence-electron chi connectivity index (χ1n) is 10.1. The van der Waals surface area contributed by atoms with Gasteiger partial charge in [0.2, 0.25) is 0 Å². The zero-order valence-corrected chi connectivity index (χ0v) is 18.8. The predicted octanol–water partition coefficient (Wildman–Crippen LogP) is 3.54. The number of nitrogens with zero attached hydrogens (tertiary/aromatic N) is 3. The molecule has 158 valence electrons. The van der Waals surface area contributed by atoms with Gasteiger partial charge in [0.25, 0.3) is 0 Å². The lowest BCUT2D eigenvalue weighted by atomic mass is 10.1. The number of hydrogen-bond donors (Lipinski definition) is 1. The van der Waals surface area contributed by atoms with E-state index in [2.05, 4.69) is 24.0 Å². The highest BCUT2D eigenvalue weighted by Gasteiger charge is 2.26. The minimum atomic E-state index is -0.337. The molecule has 30 heavy (non-hydrogen) atoms. The zero-order valence-electron chi connectivity index (χ0n) is 18.0. The van der Waals surface area contributed by atoms with Gasteiger partial charge in [-0.25, -0.2) is 4.39 Å². The lowest BCUT2D eigenvalue weighted by Crippen LogP contribution is -3.05. The molecule has 3 aromatic rings. The van der Waals surface area contributed by atoms with Crippen LogP contribution < -0.4 is 4.90 Å². The van der Waals surface area contributed by atoms with Crippen molar-refractivity contribution in [3.8, 4) is 5.69 Å². The molecule has 0 saturated carbocycles. The van der Waals surface area contributed by atoms with Gasteiger partial charge in [0.15, 0.2) is 16.8 Å². The Kier molecular flexibility index (Phi) is 7.05. The monoisotopic (exact) mass is 427 g/mol. The number of aryl methyl sites for hydroxylation is 1. The maximum Gasteiger partial charge on any atom is 0.196 e. The molecule has 3 rings (SSSR count). The van der Waals surface area contributed by atoms with Crippen molar-refractivity contribution in [2.45, 2.75) is 43.6 Å². The number of Topliss-reactive ketones (excluding diaryl/α,β-unsaturated/α-hetero) is 1. The van der Waals surface area contributed by atoms with Crippen molar-refractivity contribution < 1.29 is 14.1 Å². The molecule has 0 aliphatic heterocycles. The van der Waals surface area contributed by atoms with Gasteiger partial charge in [0.05, 0.1) is 19.3 Å². The smallest absolute Gasteiger partial charge is 0.196 e. The number of hydrogen-bond acceptors (Lipinski definition) is 4. The summed E-state index contributed by atoms with van der Waals surface area (Å²) in [6.45, 7) is 6.04. The van der Waals surface area contributed by atoms with Crippen LogP contribution in [0.2, 0.25) is 0 Å². The fourth-order valence-electron chi connectivity index (χ4n) is 3.08. The Balaban J connectivity index is 1.92. The van der Waals surface area contributed by atoms with Crippen LogP contribution in [0.25, 0.3) is 5.69 Å². The summed E-state index contributed by atoms with van der Waals surface area (Å²) in [5, 5.41) is 9.07. The summed E-state index contributed by atoms with van der Waals surface area (Å²) < 4.78 is 15.4. The first kappa shape index (κ1) is 22.2. The second-order valence-corrected chi connectivity index (χ2v) is 8.93. The number of thioether (sulfide) groups is 1. The van der Waals surface area contributed by atoms with Crippen molar-refractivity contribution in [3.05, 3.63) is 71.3 Å². The van der Waals surface area contributed by atoms with E-state index in [0.717, 1.165) is 17.9 Å². The molecule has 5 nitrogen and oxygen atoms in total. The summed E-state index contributed by atoms with van der Waals surface area (Å²) in [6, 6.07) is 14.1. The molecule has 1 aromatic heterocycles. The van der Waals surface area contributed by atoms with Crippen LogP contribution >= 0.6 is 11.8 Å². The van der Waals surface area contributed by atoms with Crippen molar-refractivity contribution in [1.29, 1.82) is 0 Å². The van der Waals surface area contributed by atoms with Crippen LogP contribution in [-0.2, 0) is 6.42 Å². The Labute approximate surface area is 181 Å². The summed E-state index contributed by atoms with van der Waals surface area (Å²) in [5.74, 6) is 0.521. The molecular weight excluding hydrogens is 399 g/mol. The lowest BCUT2D eigenvalue weighted by Gasteiger charge is -2.18. The van der Waals surface area contributed by atoms with Gasteiger partial charge in [-0.15, -0.1) is 10.2 Å². The molecule has 2 aromatic carbocycles. The largest absolute Gasteiger partial charge is 0.331 e. The Morgan fingerprint density at radius 2 is 1.70 bits per heavy atom. The van der Waals surface area contributed by atoms with Crippen molar-refractivity contribution in [2.75, 3.05) is 14.1 Å². The maximum atomic E-state index is 13.5. The number of ketones is 1. The highest BCUT2D eigenvalue weighted by molar-refractivity contribution is 8.00. The van der Waals surface area contributed by atoms with E-state index < -0.39 is 0 Å². The van der Waals surface area contributed by atoms with Crippen molar-refractivity contribution in [3.63, 3.8) is 0 Å². The van der Waals surface area contributed by atoms with E-state index in [1.807, 2.05) is 49.9 Å². The number of nitrogens with one attached hydrogen (secondary N) is 1. The number of quaternary nitrogens is 1. The van der Waals surface area contributed by atoms with Gasteiger partial charge in [-0.2, -0.15) is 0 Å². The van der Waals surface area contributed by atoms with Crippen molar-refractivity contribution in [1.82, 2.24) is 14.8 Å². The van der Waals surface area contributed by atoms with E-state index in [1.54, 1.807) is 12.1 Å². The lowest BCUT2D eigenvalue weighted by molar-refractivity contribution is -0.890. The number of carbonyl (C=O) groups is 1. The molecule has 0 fully saturated rings. The maximum absolute atomic E-state index is 13.5. The average Bonchev–Trinajstić information content (AvgIpc) is 3.16. The molecule has 0 spiro atoms. The third kappa shape index (κ3) is 4.79. The van der Waals surface area contributed by atoms with Gasteiger partial charge >= 0.3 is 0 Å². The summed E-state index contributed by atoms with van der Waals surface area (Å²) in [4.78, 5) is 14.2. The molecular formula is C23H28FN4OS+. The molecule has 7 heteroatoms. The predicted molar refractivity (Wildman–Crippen MR) is 118 cm³/mol. The van der Waals surface area contributed by atoms with Crippen LogP contribution in [0.15, 0.2) is 53.7 Å². The Hall–Kier alpha value is -2.51. The third-order valence-electron chi connectivity index (χ3n) is 5.29. The summed E-state index contributed by atoms with van der Waals surface area (Å²) in [6.07, 6.45) is 0.939. The quantitative estimate of drug-likeness (QED) is 0.441. The summed E-state index contributed by atoms with van der Waals surface area (Å²) >= 11 is 1.37. The second-order valence-electron chi connectivity index (χ2n) is 7.63. The molecule has 1 heterocycles. The molecule has 0 aliphatic rings. The fourth-order valence-corrected chi connectivity index (χ4v) is 4.03. The van der Waals surface area contributed by atoms with Crippen molar-refractivity contribution >= 4 is 17.5 Å². The van der Waals surface area contributed by atoms with Gasteiger partial charge < -0.3 is 4.90 Å². The molecule has 0 radical (unpaired) electrons. The van der Waals surface area contributed by atoms with E-state index in [1.165, 1.54) is 34.4 Å². The van der Waals surface area contributed by atoms with Gasteiger partial charge in [-0.05, 0) is 50.1 Å². The van der Waals surface area contributed by atoms with Crippen LogP contribution in [0.4, 0.5) is 4.39 Å². The topological polar surface area (TPSA) is 52.2 Å². The van der Waals surface area contributed by atoms with Crippen LogP contribution in [-0.4, -0.2) is 39.9 Å². The van der Waals surface area contributed by atoms with E-state index in [0.29, 0.717) is 10.7 Å². The van der Waals surface area contributed by atoms with Gasteiger partial charge in [-0.1, -0.05) is 43.0 Å². The number of benzene rings is 2. The molecule has 0 aliphatic carbocycles. The van der Waals surface area contributed by atoms with E-state index >= 15 is 0 Å². The molecule has 0 unspecified atom stereocenters. The summed E-state index contributed by atoms with van der Waals surface area (Å²) in [7, 11) is 4.10. The summed E-state index contributed by atoms with van der Waals surface area (Å²) in [5.41, 5.74) is 2.66. The molecule has 0 saturated heterocycles. The highest BCUT2D eigenvalue weighted by Crippen LogP contribution is 2.29. The van der Waals surface area contributed by atoms with Gasteiger partial charge in [0, 0.05) is 11.3 Å². The SMILES string of the molecule is CCc1ccc(C(=O)[C@H](C)Sc2nnc([C@@H](C)[NH+](C)C)n2-c2ccc(F)cc2)cc1. The Bertz CT molecular complexity index is 999. The second kappa shape index (κ2) is 9.53. The first-order valence-corrected chi connectivity index (χ1v) is 11.0. The number of carbonyl (C=O) groups excluding carboxylic acids is 1. The van der Waals surface area contributed by atoms with E-state index in [9.17, 15) is 9.18 Å². The average molecular weight is 428 g/mol. The van der Waals surface area contributed by atoms with Gasteiger partial charge in [-0.3, -0.25) is 9.36 Å². The van der Waals surface area contributed by atoms with Crippen LogP contribution in [0.1, 0.15) is 48.6 Å². The minimum Gasteiger partial charge on any atom is -0.331 e. The molecule has 1 N–H and O–H groups in total. The number of halogens is 1. The van der Waals surface area contributed by atoms with E-state index in [-0.39, 0.29) is 22.9 Å². The van der Waals surface area contributed by atoms with Crippen molar-refractivity contribution in [2.24, 2.45) is 0 Å². The molecule has 0 bridgehead atoms. The normalized spacial score (nSPS) is 13.4. The number of aromatic nitrogens is 3. The highest BCUT2D eigenvalue weighted by atomic mass is 32.2. The van der Waals surface area contributed by atoms with Crippen LogP contribution in [0, 0.1) is 5.82 Å². The first-order chi connectivity index (χ1) is 14.3. The molecule has 0 amide bonds. The fraction of sp³-hybridized carbons (Fsp3) is 0.348. The Morgan fingerprint density at radius 1 is 1.07 bits per heavy atom. The third-order valence-corrected chi connectivity index (χ3v) is 6.34.